The number of para-hydroxylation sites is 1. The fourth-order valence-corrected chi connectivity index (χ4v) is 5.65. The second-order valence-electron chi connectivity index (χ2n) is 8.67. The van der Waals surface area contributed by atoms with Gasteiger partial charge in [-0.2, -0.15) is 0 Å². The number of amidine groups is 1. The van der Waals surface area contributed by atoms with Crippen LogP contribution in [0, 0.1) is 5.92 Å². The summed E-state index contributed by atoms with van der Waals surface area (Å²) in [6.45, 7) is 7.02. The number of aliphatic imine (C=N–C) groups is 1. The molecule has 0 N–H and O–H groups in total. The molecule has 0 aromatic heterocycles. The summed E-state index contributed by atoms with van der Waals surface area (Å²) in [7, 11) is 0. The summed E-state index contributed by atoms with van der Waals surface area (Å²) in [5.41, 5.74) is 2.22. The van der Waals surface area contributed by atoms with Crippen LogP contribution in [0.4, 0.5) is 5.69 Å². The van der Waals surface area contributed by atoms with Gasteiger partial charge < -0.3 is 4.90 Å². The summed E-state index contributed by atoms with van der Waals surface area (Å²) >= 11 is 1.78. The van der Waals surface area contributed by atoms with Crippen LogP contribution in [-0.4, -0.2) is 71.6 Å². The zero-order valence-electron chi connectivity index (χ0n) is 18.4. The number of amides is 2. The Morgan fingerprint density at radius 1 is 0.938 bits per heavy atom. The van der Waals surface area contributed by atoms with Crippen molar-refractivity contribution in [2.24, 2.45) is 10.9 Å². The van der Waals surface area contributed by atoms with Crippen LogP contribution < -0.4 is 0 Å². The molecule has 2 aromatic carbocycles. The van der Waals surface area contributed by atoms with Gasteiger partial charge in [-0.25, -0.2) is 4.99 Å². The summed E-state index contributed by atoms with van der Waals surface area (Å²) in [6.07, 6.45) is 1.19. The van der Waals surface area contributed by atoms with Gasteiger partial charge in [-0.1, -0.05) is 49.0 Å². The minimum Gasteiger partial charge on any atom is -0.354 e. The average Bonchev–Trinajstić information content (AvgIpc) is 2.97. The van der Waals surface area contributed by atoms with Crippen LogP contribution in [0.15, 0.2) is 63.3 Å². The van der Waals surface area contributed by atoms with Gasteiger partial charge >= 0.3 is 0 Å². The molecular weight excluding hydrogens is 420 g/mol. The van der Waals surface area contributed by atoms with E-state index in [2.05, 4.69) is 52.3 Å². The van der Waals surface area contributed by atoms with E-state index in [-0.39, 0.29) is 17.7 Å². The predicted molar refractivity (Wildman–Crippen MR) is 126 cm³/mol. The van der Waals surface area contributed by atoms with E-state index in [1.165, 1.54) is 20.3 Å². The Labute approximate surface area is 193 Å². The molecule has 0 radical (unpaired) electrons. The third-order valence-electron chi connectivity index (χ3n) is 6.44. The van der Waals surface area contributed by atoms with Gasteiger partial charge in [-0.3, -0.25) is 19.4 Å². The van der Waals surface area contributed by atoms with E-state index in [1.54, 1.807) is 11.8 Å². The molecule has 6 nitrogen and oxygen atoms in total. The monoisotopic (exact) mass is 448 g/mol. The summed E-state index contributed by atoms with van der Waals surface area (Å²) < 4.78 is 0. The number of piperazine rings is 1. The lowest BCUT2D eigenvalue weighted by Gasteiger charge is -2.37. The number of likely N-dealkylation sites (tertiary alicyclic amines) is 1. The molecule has 2 saturated heterocycles. The molecule has 1 unspecified atom stereocenters. The maximum Gasteiger partial charge on any atom is 0.232 e. The number of hydrogen-bond acceptors (Lipinski definition) is 6. The molecule has 0 aliphatic carbocycles. The first-order valence-electron chi connectivity index (χ1n) is 11.4. The van der Waals surface area contributed by atoms with Crippen molar-refractivity contribution < 1.29 is 9.59 Å². The second-order valence-corrected chi connectivity index (χ2v) is 9.76. The zero-order valence-corrected chi connectivity index (χ0v) is 19.2. The Bertz CT molecular complexity index is 1060. The maximum absolute atomic E-state index is 12.1. The minimum absolute atomic E-state index is 0.0111. The van der Waals surface area contributed by atoms with Crippen molar-refractivity contribution in [2.45, 2.75) is 29.6 Å². The van der Waals surface area contributed by atoms with Crippen molar-refractivity contribution in [3.8, 4) is 0 Å². The molecule has 0 spiro atoms. The van der Waals surface area contributed by atoms with Gasteiger partial charge in [0.15, 0.2) is 0 Å². The predicted octanol–water partition coefficient (Wildman–Crippen LogP) is 3.63. The molecule has 2 aromatic rings. The van der Waals surface area contributed by atoms with Crippen molar-refractivity contribution in [2.75, 3.05) is 39.3 Å². The lowest BCUT2D eigenvalue weighted by atomic mass is 10.1. The SMILES string of the molecule is CC1CC(=O)N(CCCN2CCN(C3=Nc4ccccc4Sc4ccccc43)CC2)C1=O. The zero-order chi connectivity index (χ0) is 22.1. The third kappa shape index (κ3) is 4.19. The van der Waals surface area contributed by atoms with Crippen LogP contribution in [0.25, 0.3) is 0 Å². The van der Waals surface area contributed by atoms with E-state index < -0.39 is 0 Å². The molecule has 2 amide bonds. The van der Waals surface area contributed by atoms with Crippen molar-refractivity contribution >= 4 is 35.1 Å². The van der Waals surface area contributed by atoms with E-state index in [0.717, 1.165) is 50.7 Å². The van der Waals surface area contributed by atoms with Crippen LogP contribution in [-0.2, 0) is 9.59 Å². The second kappa shape index (κ2) is 9.08. The number of nitrogens with zero attached hydrogens (tertiary/aromatic N) is 4. The Hall–Kier alpha value is -2.64. The number of carbonyl (C=O) groups excluding carboxylic acids is 2. The molecule has 7 heteroatoms. The van der Waals surface area contributed by atoms with Crippen molar-refractivity contribution in [3.63, 3.8) is 0 Å². The first-order chi connectivity index (χ1) is 15.6. The van der Waals surface area contributed by atoms with E-state index in [0.29, 0.717) is 13.0 Å². The van der Waals surface area contributed by atoms with E-state index in [9.17, 15) is 9.59 Å². The van der Waals surface area contributed by atoms with E-state index in [4.69, 9.17) is 4.99 Å². The Morgan fingerprint density at radius 3 is 2.41 bits per heavy atom. The number of hydrogen-bond donors (Lipinski definition) is 0. The van der Waals surface area contributed by atoms with Gasteiger partial charge in [0, 0.05) is 60.4 Å². The quantitative estimate of drug-likeness (QED) is 0.669. The van der Waals surface area contributed by atoms with Crippen LogP contribution in [0.1, 0.15) is 25.3 Å². The van der Waals surface area contributed by atoms with Crippen LogP contribution >= 0.6 is 11.8 Å². The Kier molecular flexibility index (Phi) is 6.02. The average molecular weight is 449 g/mol. The van der Waals surface area contributed by atoms with Gasteiger partial charge in [0.05, 0.1) is 5.69 Å². The number of imide groups is 1. The first-order valence-corrected chi connectivity index (χ1v) is 12.2. The van der Waals surface area contributed by atoms with Crippen LogP contribution in [0.2, 0.25) is 0 Å². The maximum atomic E-state index is 12.1. The molecule has 0 bridgehead atoms. The third-order valence-corrected chi connectivity index (χ3v) is 7.58. The highest BCUT2D eigenvalue weighted by Crippen LogP contribution is 2.40. The molecule has 5 rings (SSSR count). The van der Waals surface area contributed by atoms with Crippen LogP contribution in [0.5, 0.6) is 0 Å². The largest absolute Gasteiger partial charge is 0.354 e. The van der Waals surface area contributed by atoms with Crippen LogP contribution in [0.3, 0.4) is 0 Å². The van der Waals surface area contributed by atoms with E-state index in [1.807, 2.05) is 13.0 Å². The molecular formula is C25H28N4O2S. The highest BCUT2D eigenvalue weighted by Gasteiger charge is 2.35. The summed E-state index contributed by atoms with van der Waals surface area (Å²) in [4.78, 5) is 37.9. The number of carbonyl (C=O) groups is 2. The van der Waals surface area contributed by atoms with Gasteiger partial charge in [0.25, 0.3) is 0 Å². The normalized spacial score (nSPS) is 21.3. The molecule has 0 saturated carbocycles. The summed E-state index contributed by atoms with van der Waals surface area (Å²) in [6, 6.07) is 16.9. The number of rotatable bonds is 4. The van der Waals surface area contributed by atoms with Gasteiger partial charge in [-0.15, -0.1) is 0 Å². The molecule has 166 valence electrons. The molecule has 3 heterocycles. The lowest BCUT2D eigenvalue weighted by molar-refractivity contribution is -0.139. The van der Waals surface area contributed by atoms with Gasteiger partial charge in [-0.05, 0) is 31.2 Å². The first kappa shape index (κ1) is 21.2. The van der Waals surface area contributed by atoms with Crippen molar-refractivity contribution in [1.82, 2.24) is 14.7 Å². The topological polar surface area (TPSA) is 56.2 Å². The molecule has 3 aliphatic rings. The van der Waals surface area contributed by atoms with Crippen molar-refractivity contribution in [3.05, 3.63) is 54.1 Å². The standard InChI is InChI=1S/C25H28N4O2S/c1-18-17-23(30)29(25(18)31)12-6-11-27-13-15-28(16-14-27)24-19-7-2-4-9-21(19)32-22-10-5-3-8-20(22)26-24/h2-5,7-10,18H,6,11-17H2,1H3. The van der Waals surface area contributed by atoms with E-state index >= 15 is 0 Å². The molecule has 2 fully saturated rings. The van der Waals surface area contributed by atoms with Gasteiger partial charge in [0.1, 0.15) is 5.84 Å². The fraction of sp³-hybridized carbons (Fsp3) is 0.400. The highest BCUT2D eigenvalue weighted by atomic mass is 32.2. The van der Waals surface area contributed by atoms with Crippen molar-refractivity contribution in [1.29, 1.82) is 0 Å². The smallest absolute Gasteiger partial charge is 0.232 e. The van der Waals surface area contributed by atoms with Gasteiger partial charge in [0.2, 0.25) is 11.8 Å². The summed E-state index contributed by atoms with van der Waals surface area (Å²) in [5, 5.41) is 0. The Morgan fingerprint density at radius 2 is 1.66 bits per heavy atom. The summed E-state index contributed by atoms with van der Waals surface area (Å²) in [5.74, 6) is 0.871. The lowest BCUT2D eigenvalue weighted by Crippen LogP contribution is -2.49. The molecule has 1 atom stereocenters. The molecule has 32 heavy (non-hydrogen) atoms. The highest BCUT2D eigenvalue weighted by molar-refractivity contribution is 7.99. The molecule has 3 aliphatic heterocycles. The number of benzene rings is 2. The minimum atomic E-state index is -0.155. The number of fused-ring (bicyclic) bond motifs is 2. The Balaban J connectivity index is 1.23. The fourth-order valence-electron chi connectivity index (χ4n) is 4.63.